The number of aromatic nitrogens is 2. The van der Waals surface area contributed by atoms with Crippen molar-refractivity contribution in [2.45, 2.75) is 90.1 Å². The van der Waals surface area contributed by atoms with Crippen molar-refractivity contribution in [3.05, 3.63) is 135 Å². The number of fused-ring (bicyclic) bond motifs is 4. The number of rotatable bonds is 20. The third-order valence-corrected chi connectivity index (χ3v) is 11.7. The van der Waals surface area contributed by atoms with Gasteiger partial charge in [0.15, 0.2) is 0 Å². The molecule has 12 nitrogen and oxygen atoms in total. The van der Waals surface area contributed by atoms with Gasteiger partial charge in [0.05, 0.1) is 55.2 Å². The average molecular weight is 820 g/mol. The van der Waals surface area contributed by atoms with Gasteiger partial charge in [-0.1, -0.05) is 56.5 Å². The van der Waals surface area contributed by atoms with Gasteiger partial charge in [-0.2, -0.15) is 0 Å². The lowest BCUT2D eigenvalue weighted by Crippen LogP contribution is -2.48. The highest BCUT2D eigenvalue weighted by atomic mass is 19.1. The van der Waals surface area contributed by atoms with Gasteiger partial charge >= 0.3 is 0 Å². The number of amides is 2. The van der Waals surface area contributed by atoms with Crippen molar-refractivity contribution in [2.24, 2.45) is 0 Å². The van der Waals surface area contributed by atoms with Crippen LogP contribution < -0.4 is 32.1 Å². The highest BCUT2D eigenvalue weighted by molar-refractivity contribution is 5.94. The molecule has 2 amide bonds. The second-order valence-corrected chi connectivity index (χ2v) is 16.1. The summed E-state index contributed by atoms with van der Waals surface area (Å²) in [5.74, 6) is -0.886. The number of likely N-dealkylation sites (N-methyl/N-ethyl adjacent to an activating group) is 1. The molecule has 3 unspecified atom stereocenters. The van der Waals surface area contributed by atoms with Crippen LogP contribution in [-0.2, 0) is 45.1 Å². The van der Waals surface area contributed by atoms with E-state index in [-0.39, 0.29) is 61.6 Å². The van der Waals surface area contributed by atoms with Crippen LogP contribution in [0.5, 0.6) is 0 Å². The van der Waals surface area contributed by atoms with E-state index in [2.05, 4.69) is 46.3 Å². The van der Waals surface area contributed by atoms with Gasteiger partial charge in [0, 0.05) is 47.0 Å². The molecule has 0 radical (unpaired) electrons. The summed E-state index contributed by atoms with van der Waals surface area (Å²) in [5.41, 5.74) is 7.12. The lowest BCUT2D eigenvalue weighted by molar-refractivity contribution is -0.144. The molecule has 0 saturated heterocycles. The number of hydrogen-bond acceptors (Lipinski definition) is 9. The molecule has 0 saturated carbocycles. The van der Waals surface area contributed by atoms with Crippen molar-refractivity contribution in [2.75, 3.05) is 34.0 Å². The Morgan fingerprint density at radius 1 is 1.12 bits per heavy atom. The van der Waals surface area contributed by atoms with E-state index in [1.807, 2.05) is 49.4 Å². The smallest absolute Gasteiger partial charge is 0.257 e. The molecule has 3 atom stereocenters. The monoisotopic (exact) mass is 819 g/mol. The first kappa shape index (κ1) is 43.9. The molecule has 0 spiro atoms. The fraction of sp³-hybridized carbons (Fsp3) is 0.404. The topological polar surface area (TPSA) is 148 Å². The van der Waals surface area contributed by atoms with E-state index in [4.69, 9.17) is 14.5 Å². The normalized spacial score (nSPS) is 15.1. The van der Waals surface area contributed by atoms with Crippen LogP contribution in [0.4, 0.5) is 4.39 Å². The number of nitrogens with one attached hydrogen (secondary N) is 5. The molecule has 0 bridgehead atoms. The Hall–Kier alpha value is -5.63. The first-order valence-corrected chi connectivity index (χ1v) is 20.5. The number of carbonyl (C=O) groups is 2. The summed E-state index contributed by atoms with van der Waals surface area (Å²) in [6, 6.07) is 12.5. The minimum absolute atomic E-state index is 0.00550. The van der Waals surface area contributed by atoms with Gasteiger partial charge in [-0.3, -0.25) is 14.4 Å². The zero-order valence-corrected chi connectivity index (χ0v) is 35.6. The molecular formula is C47H58FN7O5. The number of aryl methyl sites for hydroxylation is 1. The summed E-state index contributed by atoms with van der Waals surface area (Å²) in [4.78, 5) is 45.8. The third kappa shape index (κ3) is 9.08. The van der Waals surface area contributed by atoms with Crippen molar-refractivity contribution in [3.63, 3.8) is 0 Å². The van der Waals surface area contributed by atoms with E-state index in [0.717, 1.165) is 39.6 Å². The number of ether oxygens (including phenoxy) is 2. The Kier molecular flexibility index (Phi) is 13.7. The number of hydrogen-bond donors (Lipinski definition) is 5. The van der Waals surface area contributed by atoms with E-state index in [9.17, 15) is 14.4 Å². The Balaban J connectivity index is 1.18. The molecule has 6 rings (SSSR count). The van der Waals surface area contributed by atoms with Crippen molar-refractivity contribution in [3.8, 4) is 11.4 Å². The quantitative estimate of drug-likeness (QED) is 0.0493. The molecule has 2 aromatic carbocycles. The molecule has 5 N–H and O–H groups in total. The van der Waals surface area contributed by atoms with Crippen molar-refractivity contribution >= 4 is 22.7 Å². The van der Waals surface area contributed by atoms with Crippen LogP contribution in [0, 0.1) is 12.7 Å². The van der Waals surface area contributed by atoms with Gasteiger partial charge in [-0.05, 0) is 87.4 Å². The maximum absolute atomic E-state index is 15.4. The van der Waals surface area contributed by atoms with Crippen LogP contribution in [0.15, 0.2) is 84.5 Å². The molecular weight excluding hydrogens is 762 g/mol. The van der Waals surface area contributed by atoms with Crippen LogP contribution in [0.25, 0.3) is 22.3 Å². The van der Waals surface area contributed by atoms with E-state index >= 15 is 4.39 Å². The van der Waals surface area contributed by atoms with Crippen molar-refractivity contribution in [1.29, 1.82) is 0 Å². The first-order valence-electron chi connectivity index (χ1n) is 20.5. The third-order valence-electron chi connectivity index (χ3n) is 11.7. The minimum atomic E-state index is -1.26. The molecule has 2 aromatic heterocycles. The van der Waals surface area contributed by atoms with E-state index in [1.54, 1.807) is 39.5 Å². The molecule has 1 aliphatic carbocycles. The van der Waals surface area contributed by atoms with Gasteiger partial charge in [-0.15, -0.1) is 6.58 Å². The molecule has 4 aromatic rings. The second-order valence-electron chi connectivity index (χ2n) is 16.1. The Labute approximate surface area is 351 Å². The zero-order valence-electron chi connectivity index (χ0n) is 35.6. The highest BCUT2D eigenvalue weighted by Gasteiger charge is 2.38. The van der Waals surface area contributed by atoms with E-state index in [0.29, 0.717) is 65.2 Å². The number of nitrogens with zero attached hydrogens (tertiary/aromatic N) is 2. The molecule has 1 aliphatic heterocycles. The number of halogens is 1. The molecule has 13 heteroatoms. The predicted molar refractivity (Wildman–Crippen MR) is 234 cm³/mol. The summed E-state index contributed by atoms with van der Waals surface area (Å²) in [6.45, 7) is 20.4. The van der Waals surface area contributed by atoms with Crippen LogP contribution >= 0.6 is 0 Å². The fourth-order valence-corrected chi connectivity index (χ4v) is 8.28. The van der Waals surface area contributed by atoms with Crippen LogP contribution in [0.3, 0.4) is 0 Å². The standard InChI is InChI=1S/C47H58FN7O5/c1-10-31(11-2)33-20-40-44-34(24-55(40)45(57)35(33)25-59-9)43-37(18-17-32-28(4)36(48)21-39(53-44)42(32)43)54-46(58)47(6,7)60-26-51-27(3)22-50-29(5)38(52-41(56)23-49-8)19-30-15-13-12-14-16-30/h10,12-16,20-21,31,37-38,49-51H,1,3,5,11,17-19,22-26H2,2,4,6-9H3,(H,52,56)(H,54,58). The molecule has 2 aliphatic rings. The summed E-state index contributed by atoms with van der Waals surface area (Å²) in [6.07, 6.45) is 4.21. The second kappa shape index (κ2) is 18.7. The zero-order chi connectivity index (χ0) is 43.3. The number of carbonyl (C=O) groups excluding carboxylic acids is 2. The Morgan fingerprint density at radius 2 is 1.87 bits per heavy atom. The predicted octanol–water partition coefficient (Wildman–Crippen LogP) is 5.71. The SMILES string of the molecule is C=CC(CC)c1cc2n(c(=O)c1COC)Cc1c-2nc2cc(F)c(C)c3c2c1C(NC(=O)C(C)(C)OCNC(=C)CNC(=C)C(Cc1ccccc1)NC(=O)CNC)CC3. The summed E-state index contributed by atoms with van der Waals surface area (Å²) in [7, 11) is 3.29. The average Bonchev–Trinajstić information content (AvgIpc) is 3.59. The van der Waals surface area contributed by atoms with Crippen LogP contribution in [0.1, 0.15) is 84.5 Å². The van der Waals surface area contributed by atoms with Crippen molar-refractivity contribution < 1.29 is 23.5 Å². The van der Waals surface area contributed by atoms with Gasteiger partial charge in [-0.25, -0.2) is 9.37 Å². The summed E-state index contributed by atoms with van der Waals surface area (Å²) < 4.78 is 28.8. The number of pyridine rings is 2. The van der Waals surface area contributed by atoms with Crippen molar-refractivity contribution in [1.82, 2.24) is 36.1 Å². The van der Waals surface area contributed by atoms with E-state index < -0.39 is 11.6 Å². The molecule has 60 heavy (non-hydrogen) atoms. The molecule has 318 valence electrons. The Morgan fingerprint density at radius 3 is 2.55 bits per heavy atom. The summed E-state index contributed by atoms with van der Waals surface area (Å²) >= 11 is 0. The number of benzene rings is 2. The lowest BCUT2D eigenvalue weighted by atomic mass is 9.81. The highest BCUT2D eigenvalue weighted by Crippen LogP contribution is 2.45. The largest absolute Gasteiger partial charge is 0.382 e. The molecule has 3 heterocycles. The Bertz CT molecular complexity index is 2370. The van der Waals surface area contributed by atoms with Crippen LogP contribution in [0.2, 0.25) is 0 Å². The molecule has 0 fully saturated rings. The van der Waals surface area contributed by atoms with E-state index in [1.165, 1.54) is 6.07 Å². The maximum Gasteiger partial charge on any atom is 0.257 e. The number of methoxy groups -OCH3 is 1. The van der Waals surface area contributed by atoms with Gasteiger partial charge < -0.3 is 40.6 Å². The lowest BCUT2D eigenvalue weighted by Gasteiger charge is -2.33. The fourth-order valence-electron chi connectivity index (χ4n) is 8.28. The van der Waals surface area contributed by atoms with Crippen LogP contribution in [-0.4, -0.2) is 67.0 Å². The van der Waals surface area contributed by atoms with Gasteiger partial charge in [0.2, 0.25) is 5.91 Å². The summed E-state index contributed by atoms with van der Waals surface area (Å²) in [5, 5.41) is 16.4. The van der Waals surface area contributed by atoms with Gasteiger partial charge in [0.1, 0.15) is 18.1 Å². The first-order chi connectivity index (χ1) is 28.7. The number of allylic oxidation sites excluding steroid dienone is 1. The maximum atomic E-state index is 15.4. The minimum Gasteiger partial charge on any atom is -0.382 e. The van der Waals surface area contributed by atoms with Gasteiger partial charge in [0.25, 0.3) is 11.5 Å².